The maximum atomic E-state index is 11.5. The summed E-state index contributed by atoms with van der Waals surface area (Å²) in [6.07, 6.45) is 6.18. The van der Waals surface area contributed by atoms with Crippen LogP contribution in [0.25, 0.3) is 0 Å². The Kier molecular flexibility index (Phi) is 3.91. The summed E-state index contributed by atoms with van der Waals surface area (Å²) in [5.41, 5.74) is 1.81. The Morgan fingerprint density at radius 1 is 1.28 bits per heavy atom. The lowest BCUT2D eigenvalue weighted by Gasteiger charge is -2.11. The SMILES string of the molecule is CCOC(=O)N1C=CN=C(c2ccccc2)C=C1. The van der Waals surface area contributed by atoms with E-state index in [0.717, 1.165) is 11.3 Å². The fraction of sp³-hybridized carbons (Fsp3) is 0.143. The Balaban J connectivity index is 2.15. The second-order valence-corrected chi connectivity index (χ2v) is 3.60. The lowest BCUT2D eigenvalue weighted by Crippen LogP contribution is -2.20. The Morgan fingerprint density at radius 3 is 2.78 bits per heavy atom. The first kappa shape index (κ1) is 12.1. The van der Waals surface area contributed by atoms with Crippen LogP contribution in [0.4, 0.5) is 4.79 Å². The van der Waals surface area contributed by atoms with Crippen molar-refractivity contribution in [1.82, 2.24) is 4.90 Å². The number of carbonyl (C=O) groups is 1. The molecule has 18 heavy (non-hydrogen) atoms. The van der Waals surface area contributed by atoms with Crippen LogP contribution in [-0.2, 0) is 4.74 Å². The molecule has 0 spiro atoms. The molecule has 0 N–H and O–H groups in total. The third-order valence-electron chi connectivity index (χ3n) is 2.38. The highest BCUT2D eigenvalue weighted by atomic mass is 16.5. The number of nitrogens with zero attached hydrogens (tertiary/aromatic N) is 2. The predicted molar refractivity (Wildman–Crippen MR) is 70.1 cm³/mol. The van der Waals surface area contributed by atoms with Crippen molar-refractivity contribution < 1.29 is 9.53 Å². The molecular weight excluding hydrogens is 228 g/mol. The number of rotatable bonds is 2. The highest BCUT2D eigenvalue weighted by Gasteiger charge is 2.10. The van der Waals surface area contributed by atoms with E-state index in [1.54, 1.807) is 31.6 Å². The van der Waals surface area contributed by atoms with E-state index < -0.39 is 6.09 Å². The predicted octanol–water partition coefficient (Wildman–Crippen LogP) is 2.93. The van der Waals surface area contributed by atoms with Gasteiger partial charge in [-0.25, -0.2) is 4.79 Å². The molecule has 0 unspecified atom stereocenters. The molecule has 0 radical (unpaired) electrons. The number of carbonyl (C=O) groups excluding carboxylic acids is 1. The molecule has 0 atom stereocenters. The fourth-order valence-electron chi connectivity index (χ4n) is 1.53. The lowest BCUT2D eigenvalue weighted by molar-refractivity contribution is 0.133. The molecule has 1 aliphatic heterocycles. The van der Waals surface area contributed by atoms with E-state index in [-0.39, 0.29) is 0 Å². The Bertz CT molecular complexity index is 504. The normalized spacial score (nSPS) is 14.1. The van der Waals surface area contributed by atoms with Crippen LogP contribution in [0, 0.1) is 0 Å². The zero-order valence-electron chi connectivity index (χ0n) is 10.1. The van der Waals surface area contributed by atoms with Gasteiger partial charge in [0.15, 0.2) is 0 Å². The zero-order chi connectivity index (χ0) is 12.8. The van der Waals surface area contributed by atoms with E-state index in [0.29, 0.717) is 6.61 Å². The Hall–Kier alpha value is -2.36. The van der Waals surface area contributed by atoms with E-state index in [2.05, 4.69) is 4.99 Å². The van der Waals surface area contributed by atoms with Crippen LogP contribution in [0.2, 0.25) is 0 Å². The minimum atomic E-state index is -0.408. The van der Waals surface area contributed by atoms with Gasteiger partial charge in [0, 0.05) is 24.2 Å². The first-order valence-electron chi connectivity index (χ1n) is 5.74. The standard InChI is InChI=1S/C14H14N2O2/c1-2-18-14(17)16-10-8-13(15-9-11-16)12-6-4-3-5-7-12/h3-11H,2H2,1H3. The highest BCUT2D eigenvalue weighted by Crippen LogP contribution is 2.08. The summed E-state index contributed by atoms with van der Waals surface area (Å²) < 4.78 is 4.91. The summed E-state index contributed by atoms with van der Waals surface area (Å²) >= 11 is 0. The Labute approximate surface area is 106 Å². The summed E-state index contributed by atoms with van der Waals surface area (Å²) in [5, 5.41) is 0. The molecule has 1 aromatic rings. The van der Waals surface area contributed by atoms with Gasteiger partial charge in [-0.3, -0.25) is 9.89 Å². The van der Waals surface area contributed by atoms with Crippen molar-refractivity contribution in [2.75, 3.05) is 6.61 Å². The monoisotopic (exact) mass is 242 g/mol. The number of benzene rings is 1. The molecule has 4 heteroatoms. The molecule has 92 valence electrons. The van der Waals surface area contributed by atoms with Crippen molar-refractivity contribution in [3.8, 4) is 0 Å². The second-order valence-electron chi connectivity index (χ2n) is 3.60. The summed E-state index contributed by atoms with van der Waals surface area (Å²) in [6.45, 7) is 2.12. The quantitative estimate of drug-likeness (QED) is 0.800. The third-order valence-corrected chi connectivity index (χ3v) is 2.38. The van der Waals surface area contributed by atoms with Crippen LogP contribution in [0.1, 0.15) is 12.5 Å². The molecule has 1 aromatic carbocycles. The lowest BCUT2D eigenvalue weighted by atomic mass is 10.1. The van der Waals surface area contributed by atoms with Crippen LogP contribution in [0.15, 0.2) is 60.0 Å². The topological polar surface area (TPSA) is 41.9 Å². The van der Waals surface area contributed by atoms with Gasteiger partial charge < -0.3 is 4.74 Å². The van der Waals surface area contributed by atoms with Crippen molar-refractivity contribution in [2.24, 2.45) is 4.99 Å². The molecule has 0 saturated carbocycles. The molecule has 1 amide bonds. The molecule has 2 rings (SSSR count). The van der Waals surface area contributed by atoms with Crippen molar-refractivity contribution in [3.63, 3.8) is 0 Å². The number of allylic oxidation sites excluding steroid dienone is 1. The fourth-order valence-corrected chi connectivity index (χ4v) is 1.53. The molecule has 0 aromatic heterocycles. The largest absolute Gasteiger partial charge is 0.449 e. The van der Waals surface area contributed by atoms with Gasteiger partial charge in [0.2, 0.25) is 0 Å². The summed E-state index contributed by atoms with van der Waals surface area (Å²) in [6, 6.07) is 9.78. The highest BCUT2D eigenvalue weighted by molar-refractivity contribution is 6.09. The number of hydrogen-bond acceptors (Lipinski definition) is 3. The van der Waals surface area contributed by atoms with Crippen molar-refractivity contribution in [2.45, 2.75) is 6.92 Å². The van der Waals surface area contributed by atoms with E-state index in [1.807, 2.05) is 30.3 Å². The van der Waals surface area contributed by atoms with Gasteiger partial charge in [0.05, 0.1) is 12.3 Å². The molecule has 4 nitrogen and oxygen atoms in total. The van der Waals surface area contributed by atoms with Crippen molar-refractivity contribution >= 4 is 11.8 Å². The van der Waals surface area contributed by atoms with Crippen LogP contribution >= 0.6 is 0 Å². The molecule has 0 fully saturated rings. The van der Waals surface area contributed by atoms with Gasteiger partial charge in [0.1, 0.15) is 0 Å². The third kappa shape index (κ3) is 2.85. The number of amides is 1. The molecule has 0 saturated heterocycles. The minimum Gasteiger partial charge on any atom is -0.449 e. The van der Waals surface area contributed by atoms with E-state index in [1.165, 1.54) is 4.90 Å². The van der Waals surface area contributed by atoms with Gasteiger partial charge in [-0.05, 0) is 13.0 Å². The molecule has 1 aliphatic rings. The van der Waals surface area contributed by atoms with E-state index in [9.17, 15) is 4.79 Å². The maximum Gasteiger partial charge on any atom is 0.417 e. The number of ether oxygens (including phenoxy) is 1. The van der Waals surface area contributed by atoms with Crippen molar-refractivity contribution in [1.29, 1.82) is 0 Å². The second kappa shape index (κ2) is 5.82. The van der Waals surface area contributed by atoms with Gasteiger partial charge >= 0.3 is 6.09 Å². The molecule has 0 aliphatic carbocycles. The summed E-state index contributed by atoms with van der Waals surface area (Å²) in [5.74, 6) is 0. The van der Waals surface area contributed by atoms with Crippen LogP contribution in [0.3, 0.4) is 0 Å². The maximum absolute atomic E-state index is 11.5. The van der Waals surface area contributed by atoms with E-state index in [4.69, 9.17) is 4.74 Å². The first-order chi connectivity index (χ1) is 8.81. The minimum absolute atomic E-state index is 0.351. The van der Waals surface area contributed by atoms with E-state index >= 15 is 0 Å². The molecule has 0 bridgehead atoms. The smallest absolute Gasteiger partial charge is 0.417 e. The average Bonchev–Trinajstić information content (AvgIpc) is 2.66. The molecular formula is C14H14N2O2. The molecule has 1 heterocycles. The van der Waals surface area contributed by atoms with Crippen LogP contribution < -0.4 is 0 Å². The first-order valence-corrected chi connectivity index (χ1v) is 5.74. The Morgan fingerprint density at radius 2 is 2.06 bits per heavy atom. The number of hydrogen-bond donors (Lipinski definition) is 0. The summed E-state index contributed by atoms with van der Waals surface area (Å²) in [7, 11) is 0. The van der Waals surface area contributed by atoms with Crippen LogP contribution in [0.5, 0.6) is 0 Å². The van der Waals surface area contributed by atoms with Gasteiger partial charge in [-0.15, -0.1) is 0 Å². The van der Waals surface area contributed by atoms with Crippen LogP contribution in [-0.4, -0.2) is 23.3 Å². The van der Waals surface area contributed by atoms with Gasteiger partial charge in [0.25, 0.3) is 0 Å². The van der Waals surface area contributed by atoms with Gasteiger partial charge in [-0.2, -0.15) is 0 Å². The van der Waals surface area contributed by atoms with Gasteiger partial charge in [-0.1, -0.05) is 30.3 Å². The average molecular weight is 242 g/mol. The zero-order valence-corrected chi connectivity index (χ0v) is 10.1. The number of aliphatic imine (C=N–C) groups is 1. The van der Waals surface area contributed by atoms with Crippen molar-refractivity contribution in [3.05, 3.63) is 60.6 Å². The summed E-state index contributed by atoms with van der Waals surface area (Å²) in [4.78, 5) is 17.2.